The number of aromatic nitrogens is 2. The van der Waals surface area contributed by atoms with E-state index < -0.39 is 0 Å². The Kier molecular flexibility index (Phi) is 6.58. The molecule has 1 atom stereocenters. The second kappa shape index (κ2) is 9.31. The molecule has 0 saturated carbocycles. The van der Waals surface area contributed by atoms with Crippen LogP contribution in [-0.4, -0.2) is 42.2 Å². The number of rotatable bonds is 8. The van der Waals surface area contributed by atoms with Crippen molar-refractivity contribution in [3.8, 4) is 6.07 Å². The lowest BCUT2D eigenvalue weighted by molar-refractivity contribution is 0.559. The maximum Gasteiger partial charge on any atom is 0.229 e. The van der Waals surface area contributed by atoms with Crippen LogP contribution >= 0.6 is 0 Å². The molecule has 1 aliphatic rings. The van der Waals surface area contributed by atoms with Crippen molar-refractivity contribution in [2.75, 3.05) is 36.4 Å². The van der Waals surface area contributed by atoms with Gasteiger partial charge in [-0.3, -0.25) is 0 Å². The van der Waals surface area contributed by atoms with Gasteiger partial charge in [0.25, 0.3) is 0 Å². The van der Waals surface area contributed by atoms with E-state index in [1.54, 1.807) is 12.1 Å². The highest BCUT2D eigenvalue weighted by Gasteiger charge is 2.23. The van der Waals surface area contributed by atoms with Gasteiger partial charge < -0.3 is 21.3 Å². The highest BCUT2D eigenvalue weighted by Crippen LogP contribution is 2.23. The molecule has 7 heteroatoms. The molecule has 27 heavy (non-hydrogen) atoms. The quantitative estimate of drug-likeness (QED) is 0.659. The molecule has 0 radical (unpaired) electrons. The summed E-state index contributed by atoms with van der Waals surface area (Å²) in [4.78, 5) is 11.7. The van der Waals surface area contributed by atoms with E-state index in [0.29, 0.717) is 24.1 Å². The summed E-state index contributed by atoms with van der Waals surface area (Å²) in [6.45, 7) is 5.53. The molecule has 1 unspecified atom stereocenters. The highest BCUT2D eigenvalue weighted by atomic mass is 15.3. The summed E-state index contributed by atoms with van der Waals surface area (Å²) in [5.41, 5.74) is 8.05. The topological polar surface area (TPSA) is 103 Å². The SMILES string of the molecule is CCCc1cc(N2CCC(NCCN)C2)nc(Nc2cccc(C#N)c2)n1. The Balaban J connectivity index is 1.79. The van der Waals surface area contributed by atoms with Crippen molar-refractivity contribution < 1.29 is 0 Å². The van der Waals surface area contributed by atoms with E-state index >= 15 is 0 Å². The first-order valence-electron chi connectivity index (χ1n) is 9.55. The van der Waals surface area contributed by atoms with Gasteiger partial charge >= 0.3 is 0 Å². The first kappa shape index (κ1) is 19.1. The van der Waals surface area contributed by atoms with Gasteiger partial charge in [0, 0.05) is 49.7 Å². The molecule has 0 bridgehead atoms. The standard InChI is InChI=1S/C20H27N7/c1-2-4-16-12-19(27-10-7-18(14-27)23-9-8-21)26-20(24-16)25-17-6-3-5-15(11-17)13-22/h3,5-6,11-12,18,23H,2,4,7-10,14,21H2,1H3,(H,24,25,26). The van der Waals surface area contributed by atoms with Gasteiger partial charge in [0.15, 0.2) is 0 Å². The average molecular weight is 365 g/mol. The maximum atomic E-state index is 9.09. The van der Waals surface area contributed by atoms with E-state index in [1.165, 1.54) is 0 Å². The lowest BCUT2D eigenvalue weighted by atomic mass is 10.2. The maximum absolute atomic E-state index is 9.09. The van der Waals surface area contributed by atoms with E-state index in [2.05, 4.69) is 39.6 Å². The average Bonchev–Trinajstić information content (AvgIpc) is 3.15. The lowest BCUT2D eigenvalue weighted by Gasteiger charge is -2.20. The Hall–Kier alpha value is -2.69. The number of aryl methyl sites for hydroxylation is 1. The Bertz CT molecular complexity index is 799. The van der Waals surface area contributed by atoms with Crippen LogP contribution in [0.4, 0.5) is 17.5 Å². The molecule has 0 amide bonds. The number of benzene rings is 1. The normalized spacial score (nSPS) is 16.3. The third-order valence-corrected chi connectivity index (χ3v) is 4.61. The minimum atomic E-state index is 0.446. The molecule has 1 aliphatic heterocycles. The Morgan fingerprint density at radius 2 is 2.22 bits per heavy atom. The Morgan fingerprint density at radius 1 is 1.33 bits per heavy atom. The van der Waals surface area contributed by atoms with Gasteiger partial charge in [-0.2, -0.15) is 10.2 Å². The van der Waals surface area contributed by atoms with E-state index in [4.69, 9.17) is 16.0 Å². The van der Waals surface area contributed by atoms with Crippen molar-refractivity contribution >= 4 is 17.5 Å². The van der Waals surface area contributed by atoms with E-state index in [9.17, 15) is 0 Å². The van der Waals surface area contributed by atoms with Crippen LogP contribution in [0.5, 0.6) is 0 Å². The first-order chi connectivity index (χ1) is 13.2. The molecular formula is C20H27N7. The summed E-state index contributed by atoms with van der Waals surface area (Å²) in [6, 6.07) is 12.0. The van der Waals surface area contributed by atoms with Gasteiger partial charge in [-0.25, -0.2) is 4.98 Å². The molecule has 142 valence electrons. The van der Waals surface area contributed by atoms with Crippen molar-refractivity contribution in [3.05, 3.63) is 41.6 Å². The van der Waals surface area contributed by atoms with Gasteiger partial charge in [-0.05, 0) is 31.0 Å². The van der Waals surface area contributed by atoms with Crippen LogP contribution < -0.4 is 21.3 Å². The van der Waals surface area contributed by atoms with Gasteiger partial charge in [0.05, 0.1) is 11.6 Å². The summed E-state index contributed by atoms with van der Waals surface area (Å²) in [5.74, 6) is 1.52. The predicted octanol–water partition coefficient (Wildman–Crippen LogP) is 2.17. The summed E-state index contributed by atoms with van der Waals surface area (Å²) in [7, 11) is 0. The van der Waals surface area contributed by atoms with Crippen LogP contribution in [0.3, 0.4) is 0 Å². The second-order valence-corrected chi connectivity index (χ2v) is 6.78. The van der Waals surface area contributed by atoms with Crippen molar-refractivity contribution in [1.29, 1.82) is 5.26 Å². The van der Waals surface area contributed by atoms with E-state index in [0.717, 1.165) is 56.1 Å². The monoisotopic (exact) mass is 365 g/mol. The third kappa shape index (κ3) is 5.16. The molecule has 0 aliphatic carbocycles. The van der Waals surface area contributed by atoms with Crippen LogP contribution in [0.1, 0.15) is 31.0 Å². The summed E-state index contributed by atoms with van der Waals surface area (Å²) in [6.07, 6.45) is 3.02. The van der Waals surface area contributed by atoms with Gasteiger partial charge in [-0.1, -0.05) is 19.4 Å². The molecule has 2 aromatic rings. The number of hydrogen-bond donors (Lipinski definition) is 3. The minimum Gasteiger partial charge on any atom is -0.355 e. The van der Waals surface area contributed by atoms with Gasteiger partial charge in [0.2, 0.25) is 5.95 Å². The zero-order valence-corrected chi connectivity index (χ0v) is 15.8. The Labute approximate surface area is 160 Å². The number of nitrogens with two attached hydrogens (primary N) is 1. The molecule has 1 fully saturated rings. The van der Waals surface area contributed by atoms with Gasteiger partial charge in [0.1, 0.15) is 5.82 Å². The Morgan fingerprint density at radius 3 is 3.00 bits per heavy atom. The lowest BCUT2D eigenvalue weighted by Crippen LogP contribution is -2.35. The minimum absolute atomic E-state index is 0.446. The van der Waals surface area contributed by atoms with Crippen LogP contribution in [0.2, 0.25) is 0 Å². The largest absolute Gasteiger partial charge is 0.355 e. The van der Waals surface area contributed by atoms with Gasteiger partial charge in [-0.15, -0.1) is 0 Å². The van der Waals surface area contributed by atoms with Crippen molar-refractivity contribution in [1.82, 2.24) is 15.3 Å². The molecule has 3 rings (SSSR count). The summed E-state index contributed by atoms with van der Waals surface area (Å²) < 4.78 is 0. The number of anilines is 3. The molecule has 1 saturated heterocycles. The van der Waals surface area contributed by atoms with Crippen molar-refractivity contribution in [2.24, 2.45) is 5.73 Å². The highest BCUT2D eigenvalue weighted by molar-refractivity contribution is 5.58. The number of nitrogens with zero attached hydrogens (tertiary/aromatic N) is 4. The molecule has 0 spiro atoms. The predicted molar refractivity (Wildman–Crippen MR) is 108 cm³/mol. The molecule has 1 aromatic heterocycles. The number of nitrogens with one attached hydrogen (secondary N) is 2. The molecule has 2 heterocycles. The van der Waals surface area contributed by atoms with Crippen LogP contribution in [0.25, 0.3) is 0 Å². The van der Waals surface area contributed by atoms with Crippen LogP contribution in [0.15, 0.2) is 30.3 Å². The fourth-order valence-electron chi connectivity index (χ4n) is 3.30. The summed E-state index contributed by atoms with van der Waals surface area (Å²) in [5, 5.41) is 15.8. The second-order valence-electron chi connectivity index (χ2n) is 6.78. The number of nitriles is 1. The molecule has 4 N–H and O–H groups in total. The van der Waals surface area contributed by atoms with Crippen molar-refractivity contribution in [3.63, 3.8) is 0 Å². The zero-order chi connectivity index (χ0) is 19.1. The fourth-order valence-corrected chi connectivity index (χ4v) is 3.30. The summed E-state index contributed by atoms with van der Waals surface area (Å²) >= 11 is 0. The molecular weight excluding hydrogens is 338 g/mol. The molecule has 1 aromatic carbocycles. The zero-order valence-electron chi connectivity index (χ0n) is 15.8. The van der Waals surface area contributed by atoms with Crippen LogP contribution in [0, 0.1) is 11.3 Å². The van der Waals surface area contributed by atoms with Crippen molar-refractivity contribution in [2.45, 2.75) is 32.2 Å². The third-order valence-electron chi connectivity index (χ3n) is 4.61. The molecule has 7 nitrogen and oxygen atoms in total. The van der Waals surface area contributed by atoms with E-state index in [1.807, 2.05) is 12.1 Å². The first-order valence-corrected chi connectivity index (χ1v) is 9.55. The van der Waals surface area contributed by atoms with E-state index in [-0.39, 0.29) is 0 Å². The fraction of sp³-hybridized carbons (Fsp3) is 0.450. The number of hydrogen-bond acceptors (Lipinski definition) is 7. The van der Waals surface area contributed by atoms with Crippen LogP contribution in [-0.2, 0) is 6.42 Å². The smallest absolute Gasteiger partial charge is 0.229 e.